The number of hydrogen-bond donors (Lipinski definition) is 8. The highest BCUT2D eigenvalue weighted by Crippen LogP contribution is 2.41. The minimum absolute atomic E-state index is 0.0163. The molecule has 0 saturated carbocycles. The van der Waals surface area contributed by atoms with Gasteiger partial charge in [-0.05, 0) is 38.1 Å². The van der Waals surface area contributed by atoms with Crippen LogP contribution in [0.1, 0.15) is 34.5 Å². The number of benzene rings is 3. The SMILES string of the molecule is Cc1c(O)cc(O)cc1O[C@H](c1cc(O)c(O)c(O)c1)[C@@H](C)OC(=O)c1cc(O)c(O)c(O)c1. The molecule has 11 heteroatoms. The number of hydrogen-bond acceptors (Lipinski definition) is 11. The van der Waals surface area contributed by atoms with Gasteiger partial charge in [-0.25, -0.2) is 4.79 Å². The van der Waals surface area contributed by atoms with Gasteiger partial charge in [0, 0.05) is 23.3 Å². The molecule has 8 N–H and O–H groups in total. The van der Waals surface area contributed by atoms with Gasteiger partial charge in [-0.15, -0.1) is 0 Å². The largest absolute Gasteiger partial charge is 0.508 e. The molecule has 0 radical (unpaired) electrons. The lowest BCUT2D eigenvalue weighted by Crippen LogP contribution is -2.27. The third kappa shape index (κ3) is 4.72. The van der Waals surface area contributed by atoms with E-state index in [1.165, 1.54) is 19.9 Å². The second-order valence-electron chi connectivity index (χ2n) is 7.51. The first-order valence-corrected chi connectivity index (χ1v) is 9.79. The molecule has 0 heterocycles. The molecule has 0 bridgehead atoms. The summed E-state index contributed by atoms with van der Waals surface area (Å²) in [5.41, 5.74) is -0.0327. The third-order valence-corrected chi connectivity index (χ3v) is 5.02. The second kappa shape index (κ2) is 9.06. The van der Waals surface area contributed by atoms with Crippen LogP contribution in [0.5, 0.6) is 51.7 Å². The number of phenolic OH excluding ortho intramolecular Hbond substituents is 8. The average molecular weight is 474 g/mol. The zero-order chi connectivity index (χ0) is 25.3. The van der Waals surface area contributed by atoms with Crippen LogP contribution in [0.15, 0.2) is 36.4 Å². The van der Waals surface area contributed by atoms with Gasteiger partial charge in [-0.3, -0.25) is 0 Å². The summed E-state index contributed by atoms with van der Waals surface area (Å²) in [5, 5.41) is 78.1. The average Bonchev–Trinajstić information content (AvgIpc) is 2.76. The van der Waals surface area contributed by atoms with Crippen molar-refractivity contribution < 1.29 is 55.1 Å². The summed E-state index contributed by atoms with van der Waals surface area (Å²) >= 11 is 0. The number of aromatic hydroxyl groups is 8. The second-order valence-corrected chi connectivity index (χ2v) is 7.51. The Bertz CT molecular complexity index is 1210. The molecule has 0 spiro atoms. The van der Waals surface area contributed by atoms with Crippen LogP contribution in [0.4, 0.5) is 0 Å². The molecular formula is C23H22O11. The Labute approximate surface area is 192 Å². The van der Waals surface area contributed by atoms with E-state index in [-0.39, 0.29) is 33.9 Å². The highest BCUT2D eigenvalue weighted by molar-refractivity contribution is 5.91. The van der Waals surface area contributed by atoms with E-state index < -0.39 is 52.7 Å². The van der Waals surface area contributed by atoms with Crippen molar-refractivity contribution in [3.8, 4) is 51.7 Å². The molecule has 34 heavy (non-hydrogen) atoms. The number of ether oxygens (including phenoxy) is 2. The minimum atomic E-state index is -1.26. The maximum atomic E-state index is 12.6. The van der Waals surface area contributed by atoms with Crippen LogP contribution in [0, 0.1) is 6.92 Å². The Morgan fingerprint density at radius 3 is 1.76 bits per heavy atom. The summed E-state index contributed by atoms with van der Waals surface area (Å²) in [6.45, 7) is 2.88. The molecule has 180 valence electrons. The van der Waals surface area contributed by atoms with E-state index in [0.29, 0.717) is 0 Å². The zero-order valence-electron chi connectivity index (χ0n) is 17.9. The van der Waals surface area contributed by atoms with E-state index in [4.69, 9.17) is 9.47 Å². The Hall–Kier alpha value is -4.67. The lowest BCUT2D eigenvalue weighted by molar-refractivity contribution is -0.00350. The summed E-state index contributed by atoms with van der Waals surface area (Å²) in [4.78, 5) is 12.6. The fraction of sp³-hybridized carbons (Fsp3) is 0.174. The van der Waals surface area contributed by atoms with Gasteiger partial charge in [0.2, 0.25) is 0 Å². The van der Waals surface area contributed by atoms with Crippen LogP contribution in [0.2, 0.25) is 0 Å². The van der Waals surface area contributed by atoms with Crippen molar-refractivity contribution in [2.75, 3.05) is 0 Å². The molecule has 3 aromatic rings. The van der Waals surface area contributed by atoms with Crippen molar-refractivity contribution in [1.82, 2.24) is 0 Å². The highest BCUT2D eigenvalue weighted by Gasteiger charge is 2.29. The van der Waals surface area contributed by atoms with Crippen LogP contribution in [-0.4, -0.2) is 52.9 Å². The Morgan fingerprint density at radius 2 is 1.24 bits per heavy atom. The summed E-state index contributed by atoms with van der Waals surface area (Å²) in [7, 11) is 0. The highest BCUT2D eigenvalue weighted by atomic mass is 16.6. The fourth-order valence-electron chi connectivity index (χ4n) is 3.16. The first-order valence-electron chi connectivity index (χ1n) is 9.79. The van der Waals surface area contributed by atoms with Crippen LogP contribution < -0.4 is 4.74 Å². The van der Waals surface area contributed by atoms with Gasteiger partial charge in [0.15, 0.2) is 40.6 Å². The number of rotatable bonds is 6. The van der Waals surface area contributed by atoms with Crippen LogP contribution in [-0.2, 0) is 4.74 Å². The summed E-state index contributed by atoms with van der Waals surface area (Å²) in [6.07, 6.45) is -2.45. The van der Waals surface area contributed by atoms with E-state index >= 15 is 0 Å². The summed E-state index contributed by atoms with van der Waals surface area (Å²) in [5.74, 6) is -6.16. The Kier molecular flexibility index (Phi) is 6.39. The minimum Gasteiger partial charge on any atom is -0.508 e. The molecule has 0 aliphatic carbocycles. The molecule has 2 atom stereocenters. The molecule has 3 rings (SSSR count). The number of esters is 1. The van der Waals surface area contributed by atoms with E-state index in [2.05, 4.69) is 0 Å². The third-order valence-electron chi connectivity index (χ3n) is 5.02. The van der Waals surface area contributed by atoms with Gasteiger partial charge in [0.25, 0.3) is 0 Å². The van der Waals surface area contributed by atoms with Crippen molar-refractivity contribution in [3.63, 3.8) is 0 Å². The number of phenols is 8. The van der Waals surface area contributed by atoms with E-state index in [9.17, 15) is 45.6 Å². The standard InChI is InChI=1S/C23H22O11/c1-9-14(25)7-13(24)8-19(9)34-22(11-3-15(26)20(30)16(27)4-11)10(2)33-23(32)12-5-17(28)21(31)18(29)6-12/h3-8,10,22,24-31H,1-2H3/t10-,22+/m1/s1. The predicted molar refractivity (Wildman–Crippen MR) is 116 cm³/mol. The smallest absolute Gasteiger partial charge is 0.338 e. The number of carbonyl (C=O) groups is 1. The van der Waals surface area contributed by atoms with Gasteiger partial charge < -0.3 is 50.3 Å². The molecule has 3 aromatic carbocycles. The van der Waals surface area contributed by atoms with E-state index in [0.717, 1.165) is 30.3 Å². The molecule has 0 aliphatic rings. The molecular weight excluding hydrogens is 452 g/mol. The predicted octanol–water partition coefficient (Wildman–Crippen LogP) is 3.01. The van der Waals surface area contributed by atoms with E-state index in [1.807, 2.05) is 0 Å². The van der Waals surface area contributed by atoms with Crippen molar-refractivity contribution in [3.05, 3.63) is 53.1 Å². The number of carbonyl (C=O) groups excluding carboxylic acids is 1. The van der Waals surface area contributed by atoms with Crippen molar-refractivity contribution in [1.29, 1.82) is 0 Å². The molecule has 0 unspecified atom stereocenters. The summed E-state index contributed by atoms with van der Waals surface area (Å²) < 4.78 is 11.2. The van der Waals surface area contributed by atoms with Crippen LogP contribution >= 0.6 is 0 Å². The molecule has 0 aromatic heterocycles. The quantitative estimate of drug-likeness (QED) is 0.193. The Morgan fingerprint density at radius 1 is 0.735 bits per heavy atom. The molecule has 0 aliphatic heterocycles. The topological polar surface area (TPSA) is 197 Å². The van der Waals surface area contributed by atoms with E-state index in [1.54, 1.807) is 0 Å². The molecule has 0 saturated heterocycles. The zero-order valence-corrected chi connectivity index (χ0v) is 17.9. The van der Waals surface area contributed by atoms with Gasteiger partial charge in [-0.1, -0.05) is 0 Å². The molecule has 0 fully saturated rings. The lowest BCUT2D eigenvalue weighted by atomic mass is 10.0. The van der Waals surface area contributed by atoms with Gasteiger partial charge >= 0.3 is 5.97 Å². The molecule has 0 amide bonds. The normalized spacial score (nSPS) is 12.6. The van der Waals surface area contributed by atoms with Gasteiger partial charge in [0.1, 0.15) is 23.4 Å². The first-order chi connectivity index (χ1) is 15.9. The van der Waals surface area contributed by atoms with Gasteiger partial charge in [0.05, 0.1) is 5.56 Å². The summed E-state index contributed by atoms with van der Waals surface area (Å²) in [6, 6.07) is 6.13. The van der Waals surface area contributed by atoms with Crippen molar-refractivity contribution >= 4 is 5.97 Å². The first kappa shape index (κ1) is 24.0. The Balaban J connectivity index is 2.00. The monoisotopic (exact) mass is 474 g/mol. The van der Waals surface area contributed by atoms with Crippen molar-refractivity contribution in [2.24, 2.45) is 0 Å². The maximum Gasteiger partial charge on any atom is 0.338 e. The lowest BCUT2D eigenvalue weighted by Gasteiger charge is -2.27. The van der Waals surface area contributed by atoms with Crippen molar-refractivity contribution in [2.45, 2.75) is 26.1 Å². The van der Waals surface area contributed by atoms with Gasteiger partial charge in [-0.2, -0.15) is 0 Å². The maximum absolute atomic E-state index is 12.6. The fourth-order valence-corrected chi connectivity index (χ4v) is 3.16. The van der Waals surface area contributed by atoms with Crippen LogP contribution in [0.3, 0.4) is 0 Å². The molecule has 11 nitrogen and oxygen atoms in total. The van der Waals surface area contributed by atoms with Crippen LogP contribution in [0.25, 0.3) is 0 Å².